The van der Waals surface area contributed by atoms with E-state index in [0.717, 1.165) is 24.8 Å². The van der Waals surface area contributed by atoms with Crippen LogP contribution >= 0.6 is 0 Å². The molecule has 3 heteroatoms. The second-order valence-electron chi connectivity index (χ2n) is 4.05. The molecule has 0 saturated heterocycles. The molecule has 0 amide bonds. The third-order valence-corrected chi connectivity index (χ3v) is 2.41. The first kappa shape index (κ1) is 13.4. The maximum Gasteiger partial charge on any atom is 0.0644 e. The molecule has 1 aromatic rings. The van der Waals surface area contributed by atoms with Crippen LogP contribution in [-0.4, -0.2) is 16.7 Å². The van der Waals surface area contributed by atoms with Gasteiger partial charge in [-0.1, -0.05) is 24.7 Å². The number of aromatic amines is 1. The fourth-order valence-electron chi connectivity index (χ4n) is 1.44. The van der Waals surface area contributed by atoms with Gasteiger partial charge in [-0.15, -0.1) is 5.92 Å². The molecular weight excluding hydrogens is 210 g/mol. The molecule has 90 valence electrons. The van der Waals surface area contributed by atoms with Crippen LogP contribution in [0.5, 0.6) is 0 Å². The summed E-state index contributed by atoms with van der Waals surface area (Å²) in [6.07, 6.45) is 7.69. The molecule has 3 N–H and O–H groups in total. The van der Waals surface area contributed by atoms with Crippen LogP contribution in [0.25, 0.3) is 0 Å². The number of H-pyrrole nitrogens is 1. The lowest BCUT2D eigenvalue weighted by molar-refractivity contribution is 0.528. The van der Waals surface area contributed by atoms with Gasteiger partial charge in [0.2, 0.25) is 0 Å². The highest BCUT2D eigenvalue weighted by atomic mass is 15.1. The summed E-state index contributed by atoms with van der Waals surface area (Å²) >= 11 is 0. The Morgan fingerprint density at radius 2 is 2.29 bits per heavy atom. The Bertz CT molecular complexity index is 412. The molecule has 0 spiro atoms. The van der Waals surface area contributed by atoms with Gasteiger partial charge in [-0.25, -0.2) is 0 Å². The highest BCUT2D eigenvalue weighted by Crippen LogP contribution is 2.10. The third-order valence-electron chi connectivity index (χ3n) is 2.41. The standard InChI is InChI=1S/C14H19N3/c1-13(8-5-6-10-15)7-3-2-4-9-14-11-16-17-12-14/h11-13H,2-3,7-8,10,15H2,1H3,(H,16,17). The van der Waals surface area contributed by atoms with Crippen LogP contribution < -0.4 is 5.73 Å². The highest BCUT2D eigenvalue weighted by Gasteiger charge is 1.98. The zero-order valence-electron chi connectivity index (χ0n) is 10.3. The van der Waals surface area contributed by atoms with Gasteiger partial charge in [0.05, 0.1) is 18.3 Å². The van der Waals surface area contributed by atoms with Gasteiger partial charge in [-0.3, -0.25) is 5.10 Å². The highest BCUT2D eigenvalue weighted by molar-refractivity contribution is 5.28. The third kappa shape index (κ3) is 6.45. The fourth-order valence-corrected chi connectivity index (χ4v) is 1.44. The van der Waals surface area contributed by atoms with E-state index in [9.17, 15) is 0 Å². The smallest absolute Gasteiger partial charge is 0.0644 e. The lowest BCUT2D eigenvalue weighted by Gasteiger charge is -2.04. The average molecular weight is 229 g/mol. The Morgan fingerprint density at radius 3 is 3.00 bits per heavy atom. The van der Waals surface area contributed by atoms with E-state index in [1.54, 1.807) is 12.4 Å². The SMILES string of the molecule is CC(CC#CCN)CCCC#Cc1cn[nH]c1. The van der Waals surface area contributed by atoms with Crippen molar-refractivity contribution in [2.24, 2.45) is 11.7 Å². The molecule has 1 unspecified atom stereocenters. The van der Waals surface area contributed by atoms with Gasteiger partial charge in [0.1, 0.15) is 0 Å². The summed E-state index contributed by atoms with van der Waals surface area (Å²) in [5.41, 5.74) is 6.25. The molecule has 17 heavy (non-hydrogen) atoms. The molecule has 1 rings (SSSR count). The van der Waals surface area contributed by atoms with E-state index in [-0.39, 0.29) is 0 Å². The number of hydrogen-bond acceptors (Lipinski definition) is 2. The van der Waals surface area contributed by atoms with Gasteiger partial charge < -0.3 is 5.73 Å². The monoisotopic (exact) mass is 229 g/mol. The molecule has 0 aliphatic heterocycles. The van der Waals surface area contributed by atoms with Crippen molar-refractivity contribution in [3.05, 3.63) is 18.0 Å². The minimum absolute atomic E-state index is 0.461. The summed E-state index contributed by atoms with van der Waals surface area (Å²) in [5, 5.41) is 6.58. The fraction of sp³-hybridized carbons (Fsp3) is 0.500. The quantitative estimate of drug-likeness (QED) is 0.612. The van der Waals surface area contributed by atoms with Crippen molar-refractivity contribution in [1.82, 2.24) is 10.2 Å². The van der Waals surface area contributed by atoms with Gasteiger partial charge in [-0.2, -0.15) is 5.10 Å². The summed E-state index contributed by atoms with van der Waals surface area (Å²) in [7, 11) is 0. The number of nitrogens with one attached hydrogen (secondary N) is 1. The maximum absolute atomic E-state index is 5.30. The van der Waals surface area contributed by atoms with Crippen LogP contribution in [0.4, 0.5) is 0 Å². The number of hydrogen-bond donors (Lipinski definition) is 2. The number of unbranched alkanes of at least 4 members (excludes halogenated alkanes) is 1. The van der Waals surface area contributed by atoms with Crippen LogP contribution in [0.15, 0.2) is 12.4 Å². The van der Waals surface area contributed by atoms with E-state index in [1.807, 2.05) is 0 Å². The Balaban J connectivity index is 2.11. The van der Waals surface area contributed by atoms with Crippen molar-refractivity contribution in [2.75, 3.05) is 6.54 Å². The molecule has 1 atom stereocenters. The van der Waals surface area contributed by atoms with E-state index >= 15 is 0 Å². The van der Waals surface area contributed by atoms with Crippen LogP contribution in [-0.2, 0) is 0 Å². The molecule has 1 aromatic heterocycles. The largest absolute Gasteiger partial charge is 0.320 e. The molecular formula is C14H19N3. The zero-order chi connectivity index (χ0) is 12.3. The molecule has 0 aromatic carbocycles. The normalized spacial score (nSPS) is 10.9. The van der Waals surface area contributed by atoms with E-state index in [0.29, 0.717) is 12.5 Å². The Labute approximate surface area is 103 Å². The lowest BCUT2D eigenvalue weighted by atomic mass is 10.0. The molecule has 1 heterocycles. The summed E-state index contributed by atoms with van der Waals surface area (Å²) < 4.78 is 0. The van der Waals surface area contributed by atoms with Gasteiger partial charge >= 0.3 is 0 Å². The Hall–Kier alpha value is -1.71. The van der Waals surface area contributed by atoms with Crippen molar-refractivity contribution < 1.29 is 0 Å². The molecule has 3 nitrogen and oxygen atoms in total. The van der Waals surface area contributed by atoms with Crippen LogP contribution in [0, 0.1) is 29.6 Å². The van der Waals surface area contributed by atoms with Crippen molar-refractivity contribution in [3.63, 3.8) is 0 Å². The van der Waals surface area contributed by atoms with Crippen molar-refractivity contribution >= 4 is 0 Å². The molecule has 0 saturated carbocycles. The Morgan fingerprint density at radius 1 is 1.41 bits per heavy atom. The van der Waals surface area contributed by atoms with Gasteiger partial charge in [-0.05, 0) is 18.8 Å². The maximum atomic E-state index is 5.30. The molecule has 0 bridgehead atoms. The van der Waals surface area contributed by atoms with Gasteiger partial charge in [0, 0.05) is 19.0 Å². The number of rotatable bonds is 4. The van der Waals surface area contributed by atoms with E-state index < -0.39 is 0 Å². The molecule has 0 aliphatic carbocycles. The van der Waals surface area contributed by atoms with E-state index in [2.05, 4.69) is 40.8 Å². The zero-order valence-corrected chi connectivity index (χ0v) is 10.3. The summed E-state index contributed by atoms with van der Waals surface area (Å²) in [5.74, 6) is 12.8. The van der Waals surface area contributed by atoms with Crippen LogP contribution in [0.3, 0.4) is 0 Å². The second kappa shape index (κ2) is 8.44. The predicted molar refractivity (Wildman–Crippen MR) is 69.9 cm³/mol. The number of nitrogens with zero attached hydrogens (tertiary/aromatic N) is 1. The summed E-state index contributed by atoms with van der Waals surface area (Å²) in [6.45, 7) is 2.68. The van der Waals surface area contributed by atoms with Crippen molar-refractivity contribution in [2.45, 2.75) is 32.6 Å². The van der Waals surface area contributed by atoms with Crippen LogP contribution in [0.1, 0.15) is 38.2 Å². The topological polar surface area (TPSA) is 54.7 Å². The Kier molecular flexibility index (Phi) is 6.63. The predicted octanol–water partition coefficient (Wildman–Crippen LogP) is 1.92. The average Bonchev–Trinajstić information content (AvgIpc) is 2.82. The van der Waals surface area contributed by atoms with Crippen molar-refractivity contribution in [3.8, 4) is 23.7 Å². The second-order valence-corrected chi connectivity index (χ2v) is 4.05. The molecule has 0 aliphatic rings. The summed E-state index contributed by atoms with van der Waals surface area (Å²) in [6, 6.07) is 0. The van der Waals surface area contributed by atoms with E-state index in [4.69, 9.17) is 5.73 Å². The van der Waals surface area contributed by atoms with Gasteiger partial charge in [0.25, 0.3) is 0 Å². The van der Waals surface area contributed by atoms with Gasteiger partial charge in [0.15, 0.2) is 0 Å². The van der Waals surface area contributed by atoms with Crippen LogP contribution in [0.2, 0.25) is 0 Å². The first-order valence-corrected chi connectivity index (χ1v) is 5.96. The van der Waals surface area contributed by atoms with Crippen molar-refractivity contribution in [1.29, 1.82) is 0 Å². The molecule has 0 fully saturated rings. The number of nitrogens with two attached hydrogens (primary N) is 1. The number of aromatic nitrogens is 2. The first-order valence-electron chi connectivity index (χ1n) is 5.96. The lowest BCUT2D eigenvalue weighted by Crippen LogP contribution is -1.95. The minimum atomic E-state index is 0.461. The summed E-state index contributed by atoms with van der Waals surface area (Å²) in [4.78, 5) is 0. The first-order chi connectivity index (χ1) is 8.33. The van der Waals surface area contributed by atoms with E-state index in [1.165, 1.54) is 6.42 Å². The molecule has 0 radical (unpaired) electrons. The minimum Gasteiger partial charge on any atom is -0.320 e.